The maximum Gasteiger partial charge on any atom is 0.243 e. The number of hydrogen-bond acceptors (Lipinski definition) is 5. The van der Waals surface area contributed by atoms with E-state index < -0.39 is 10.0 Å². The van der Waals surface area contributed by atoms with Crippen molar-refractivity contribution in [3.8, 4) is 11.4 Å². The van der Waals surface area contributed by atoms with Crippen molar-refractivity contribution >= 4 is 38.3 Å². The molecule has 9 heteroatoms. The first-order valence-corrected chi connectivity index (χ1v) is 13.2. The number of carbonyl (C=O) groups excluding carboxylic acids is 1. The number of H-pyrrole nitrogens is 1. The smallest absolute Gasteiger partial charge is 0.243 e. The van der Waals surface area contributed by atoms with E-state index in [-0.39, 0.29) is 23.3 Å². The summed E-state index contributed by atoms with van der Waals surface area (Å²) in [4.78, 5) is 21.8. The quantitative estimate of drug-likeness (QED) is 0.436. The van der Waals surface area contributed by atoms with Gasteiger partial charge in [-0.2, -0.15) is 4.31 Å². The summed E-state index contributed by atoms with van der Waals surface area (Å²) in [5.41, 5.74) is 2.31. The number of fused-ring (bicyclic) bond motifs is 1. The molecule has 2 aromatic heterocycles. The lowest BCUT2D eigenvalue weighted by Crippen LogP contribution is -2.45. The Hall–Kier alpha value is -3.01. The van der Waals surface area contributed by atoms with E-state index in [0.29, 0.717) is 42.8 Å². The maximum absolute atomic E-state index is 13.4. The number of carbonyl (C=O) groups is 1. The van der Waals surface area contributed by atoms with Gasteiger partial charge in [-0.15, -0.1) is 11.3 Å². The first-order valence-electron chi connectivity index (χ1n) is 10.9. The van der Waals surface area contributed by atoms with Crippen LogP contribution >= 0.6 is 11.3 Å². The van der Waals surface area contributed by atoms with E-state index in [4.69, 9.17) is 0 Å². The zero-order valence-electron chi connectivity index (χ0n) is 17.9. The lowest BCUT2D eigenvalue weighted by molar-refractivity contribution is -0.126. The Morgan fingerprint density at radius 1 is 1.15 bits per heavy atom. The number of aromatic nitrogens is 2. The number of piperidine rings is 1. The number of nitrogens with zero attached hydrogens (tertiary/aromatic N) is 2. The van der Waals surface area contributed by atoms with Crippen LogP contribution in [0.3, 0.4) is 0 Å². The Bertz CT molecular complexity index is 1370. The molecule has 0 saturated carbocycles. The first kappa shape index (κ1) is 21.8. The Balaban J connectivity index is 1.33. The molecule has 1 atom stereocenters. The van der Waals surface area contributed by atoms with Gasteiger partial charge in [-0.3, -0.25) is 4.79 Å². The van der Waals surface area contributed by atoms with Gasteiger partial charge in [0, 0.05) is 23.5 Å². The topological polar surface area (TPSA) is 95.2 Å². The molecule has 0 bridgehead atoms. The highest BCUT2D eigenvalue weighted by Gasteiger charge is 2.33. The van der Waals surface area contributed by atoms with Gasteiger partial charge in [0.25, 0.3) is 0 Å². The molecule has 3 heterocycles. The van der Waals surface area contributed by atoms with E-state index >= 15 is 0 Å². The van der Waals surface area contributed by atoms with Gasteiger partial charge < -0.3 is 10.3 Å². The van der Waals surface area contributed by atoms with Crippen LogP contribution in [-0.4, -0.2) is 41.7 Å². The monoisotopic (exact) mass is 480 g/mol. The van der Waals surface area contributed by atoms with Crippen molar-refractivity contribution in [2.24, 2.45) is 5.92 Å². The number of aromatic amines is 1. The zero-order chi connectivity index (χ0) is 22.8. The molecular weight excluding hydrogens is 456 g/mol. The summed E-state index contributed by atoms with van der Waals surface area (Å²) in [5.74, 6) is 0.245. The molecule has 2 aromatic carbocycles. The Morgan fingerprint density at radius 3 is 2.79 bits per heavy atom. The number of benzene rings is 2. The van der Waals surface area contributed by atoms with Gasteiger partial charge in [0.1, 0.15) is 5.82 Å². The van der Waals surface area contributed by atoms with Crippen LogP contribution < -0.4 is 5.32 Å². The molecule has 0 unspecified atom stereocenters. The highest BCUT2D eigenvalue weighted by atomic mass is 32.2. The number of thiophene rings is 1. The van der Waals surface area contributed by atoms with Crippen molar-refractivity contribution in [1.29, 1.82) is 0 Å². The molecule has 0 aliphatic carbocycles. The molecule has 1 amide bonds. The van der Waals surface area contributed by atoms with E-state index in [9.17, 15) is 13.2 Å². The van der Waals surface area contributed by atoms with Gasteiger partial charge in [-0.05, 0) is 42.5 Å². The molecule has 2 N–H and O–H groups in total. The number of nitrogens with one attached hydrogen (secondary N) is 2. The Morgan fingerprint density at radius 2 is 2.00 bits per heavy atom. The summed E-state index contributed by atoms with van der Waals surface area (Å²) in [5, 5.41) is 4.91. The van der Waals surface area contributed by atoms with Gasteiger partial charge in [-0.1, -0.05) is 36.4 Å². The standard InChI is InChI=1S/C24H24N4O3S2/c29-24(25-15-19-9-5-13-32-19)18-8-4-12-28(16-18)33(30,31)20-10-11-21-22(14-20)27-23(26-21)17-6-2-1-3-7-17/h1-3,5-7,9-11,13-14,18H,4,8,12,15-16H2,(H,25,29)(H,26,27)/t18-/m0/s1. The summed E-state index contributed by atoms with van der Waals surface area (Å²) < 4.78 is 28.2. The van der Waals surface area contributed by atoms with Crippen molar-refractivity contribution in [3.05, 3.63) is 70.9 Å². The molecule has 7 nitrogen and oxygen atoms in total. The molecular formula is C24H24N4O3S2. The predicted molar refractivity (Wildman–Crippen MR) is 129 cm³/mol. The van der Waals surface area contributed by atoms with Crippen LogP contribution in [0.15, 0.2) is 70.9 Å². The van der Waals surface area contributed by atoms with Crippen LogP contribution in [0.4, 0.5) is 0 Å². The molecule has 4 aromatic rings. The summed E-state index contributed by atoms with van der Waals surface area (Å²) in [7, 11) is -3.73. The predicted octanol–water partition coefficient (Wildman–Crippen LogP) is 4.01. The van der Waals surface area contributed by atoms with Crippen LogP contribution in [0, 0.1) is 5.92 Å². The highest BCUT2D eigenvalue weighted by molar-refractivity contribution is 7.89. The minimum absolute atomic E-state index is 0.0974. The van der Waals surface area contributed by atoms with Gasteiger partial charge in [0.2, 0.25) is 15.9 Å². The van der Waals surface area contributed by atoms with E-state index in [0.717, 1.165) is 10.4 Å². The third kappa shape index (κ3) is 4.57. The number of amides is 1. The lowest BCUT2D eigenvalue weighted by atomic mass is 9.99. The molecule has 1 aliphatic rings. The molecule has 0 radical (unpaired) electrons. The fraction of sp³-hybridized carbons (Fsp3) is 0.250. The largest absolute Gasteiger partial charge is 0.351 e. The number of hydrogen-bond donors (Lipinski definition) is 2. The van der Waals surface area contributed by atoms with Crippen molar-refractivity contribution < 1.29 is 13.2 Å². The second kappa shape index (κ2) is 9.09. The fourth-order valence-corrected chi connectivity index (χ4v) is 6.33. The molecule has 1 aliphatic heterocycles. The number of sulfonamides is 1. The third-order valence-corrected chi connectivity index (χ3v) is 8.65. The van der Waals surface area contributed by atoms with Crippen molar-refractivity contribution in [1.82, 2.24) is 19.6 Å². The molecule has 170 valence electrons. The normalized spacial score (nSPS) is 17.3. The van der Waals surface area contributed by atoms with E-state index in [1.54, 1.807) is 29.5 Å². The second-order valence-electron chi connectivity index (χ2n) is 8.13. The van der Waals surface area contributed by atoms with E-state index in [1.165, 1.54) is 4.31 Å². The lowest BCUT2D eigenvalue weighted by Gasteiger charge is -2.31. The SMILES string of the molecule is O=C(NCc1cccs1)[C@H]1CCCN(S(=O)(=O)c2ccc3nc(-c4ccccc4)[nH]c3c2)C1. The summed E-state index contributed by atoms with van der Waals surface area (Å²) >= 11 is 1.59. The van der Waals surface area contributed by atoms with E-state index in [1.807, 2.05) is 47.8 Å². The molecule has 1 fully saturated rings. The van der Waals surface area contributed by atoms with Crippen LogP contribution in [0.1, 0.15) is 17.7 Å². The summed E-state index contributed by atoms with van der Waals surface area (Å²) in [6.45, 7) is 1.07. The minimum atomic E-state index is -3.73. The molecule has 5 rings (SSSR count). The van der Waals surface area contributed by atoms with Crippen molar-refractivity contribution in [3.63, 3.8) is 0 Å². The molecule has 33 heavy (non-hydrogen) atoms. The van der Waals surface area contributed by atoms with Crippen LogP contribution in [0.25, 0.3) is 22.4 Å². The summed E-state index contributed by atoms with van der Waals surface area (Å²) in [6, 6.07) is 18.6. The molecule has 0 spiro atoms. The number of imidazole rings is 1. The van der Waals surface area contributed by atoms with Crippen LogP contribution in [0.5, 0.6) is 0 Å². The Labute approximate surface area is 196 Å². The van der Waals surface area contributed by atoms with Gasteiger partial charge >= 0.3 is 0 Å². The van der Waals surface area contributed by atoms with Gasteiger partial charge in [0.15, 0.2) is 0 Å². The average molecular weight is 481 g/mol. The first-order chi connectivity index (χ1) is 16.0. The van der Waals surface area contributed by atoms with E-state index in [2.05, 4.69) is 15.3 Å². The number of rotatable bonds is 6. The highest BCUT2D eigenvalue weighted by Crippen LogP contribution is 2.27. The van der Waals surface area contributed by atoms with Crippen LogP contribution in [0.2, 0.25) is 0 Å². The maximum atomic E-state index is 13.4. The van der Waals surface area contributed by atoms with Crippen molar-refractivity contribution in [2.75, 3.05) is 13.1 Å². The van der Waals surface area contributed by atoms with Crippen LogP contribution in [-0.2, 0) is 21.4 Å². The van der Waals surface area contributed by atoms with Gasteiger partial charge in [0.05, 0.1) is 28.4 Å². The second-order valence-corrected chi connectivity index (χ2v) is 11.1. The summed E-state index contributed by atoms with van der Waals surface area (Å²) in [6.07, 6.45) is 1.34. The molecule has 1 saturated heterocycles. The van der Waals surface area contributed by atoms with Gasteiger partial charge in [-0.25, -0.2) is 13.4 Å². The third-order valence-electron chi connectivity index (χ3n) is 5.91. The Kier molecular flexibility index (Phi) is 6.01. The average Bonchev–Trinajstić information content (AvgIpc) is 3.52. The zero-order valence-corrected chi connectivity index (χ0v) is 19.5. The minimum Gasteiger partial charge on any atom is -0.351 e. The van der Waals surface area contributed by atoms with Crippen molar-refractivity contribution in [2.45, 2.75) is 24.3 Å². The fourth-order valence-electron chi connectivity index (χ4n) is 4.14.